The van der Waals surface area contributed by atoms with Crippen LogP contribution < -0.4 is 15.1 Å². The maximum absolute atomic E-state index is 15.4. The molecule has 0 radical (unpaired) electrons. The second-order valence-electron chi connectivity index (χ2n) is 14.4. The van der Waals surface area contributed by atoms with Crippen molar-refractivity contribution in [2.75, 3.05) is 16.9 Å². The third kappa shape index (κ3) is 5.97. The Hall–Kier alpha value is -5.66. The molecule has 15 heteroatoms. The van der Waals surface area contributed by atoms with Crippen LogP contribution in [0.1, 0.15) is 47.9 Å². The van der Waals surface area contributed by atoms with Crippen molar-refractivity contribution in [2.24, 2.45) is 23.7 Å². The minimum absolute atomic E-state index is 0.0539. The van der Waals surface area contributed by atoms with Crippen molar-refractivity contribution < 1.29 is 42.2 Å². The first-order valence-corrected chi connectivity index (χ1v) is 18.9. The molecule has 0 spiro atoms. The summed E-state index contributed by atoms with van der Waals surface area (Å²) in [5, 5.41) is 11.4. The van der Waals surface area contributed by atoms with Crippen LogP contribution in [0.5, 0.6) is 11.5 Å². The number of hydrogen-bond acceptors (Lipinski definition) is 8. The van der Waals surface area contributed by atoms with E-state index in [9.17, 15) is 32.7 Å². The molecule has 8 rings (SSSR count). The first-order chi connectivity index (χ1) is 27.2. The van der Waals surface area contributed by atoms with Crippen molar-refractivity contribution in [1.82, 2.24) is 9.99 Å². The minimum atomic E-state index is -4.76. The Bertz CT molecular complexity index is 2390. The number of rotatable bonds is 8. The Morgan fingerprint density at radius 2 is 1.70 bits per heavy atom. The smallest absolute Gasteiger partial charge is 0.417 e. The van der Waals surface area contributed by atoms with E-state index in [0.29, 0.717) is 39.7 Å². The Kier molecular flexibility index (Phi) is 9.43. The summed E-state index contributed by atoms with van der Waals surface area (Å²) in [6, 6.07) is 18.5. The number of pyridine rings is 1. The molecule has 3 aromatic carbocycles. The SMILES string of the molecule is C=Cc1ccc(N2C(=O)C3CC=C4C(CC5C(=O)N(Nc6ncc(C(F)(F)F)cc6Cl)C(=O)C5(c5ccc(Cl)cc5)C4c4ccc(O)c(OCC)c4)C3C2=O)cc1. The van der Waals surface area contributed by atoms with Crippen molar-refractivity contribution in [3.8, 4) is 11.5 Å². The summed E-state index contributed by atoms with van der Waals surface area (Å²) < 4.78 is 46.3. The number of imide groups is 2. The molecule has 6 unspecified atom stereocenters. The lowest BCUT2D eigenvalue weighted by Crippen LogP contribution is -2.53. The van der Waals surface area contributed by atoms with Gasteiger partial charge in [-0.15, -0.1) is 0 Å². The predicted molar refractivity (Wildman–Crippen MR) is 205 cm³/mol. The van der Waals surface area contributed by atoms with Crippen molar-refractivity contribution in [2.45, 2.75) is 37.3 Å². The largest absolute Gasteiger partial charge is 0.504 e. The fraction of sp³-hybridized carbons (Fsp3) is 0.262. The van der Waals surface area contributed by atoms with E-state index in [2.05, 4.69) is 17.0 Å². The zero-order chi connectivity index (χ0) is 40.6. The lowest BCUT2D eigenvalue weighted by atomic mass is 9.49. The summed E-state index contributed by atoms with van der Waals surface area (Å²) in [4.78, 5) is 63.9. The molecule has 2 aliphatic heterocycles. The van der Waals surface area contributed by atoms with Gasteiger partial charge in [0.15, 0.2) is 17.3 Å². The summed E-state index contributed by atoms with van der Waals surface area (Å²) in [7, 11) is 0. The monoisotopic (exact) mass is 816 g/mol. The van der Waals surface area contributed by atoms with Crippen molar-refractivity contribution in [3.63, 3.8) is 0 Å². The number of nitrogens with one attached hydrogen (secondary N) is 1. The predicted octanol–water partition coefficient (Wildman–Crippen LogP) is 8.34. The average Bonchev–Trinajstić information content (AvgIpc) is 3.57. The number of ether oxygens (including phenoxy) is 1. The topological polar surface area (TPSA) is 129 Å². The number of halogens is 5. The normalized spacial score (nSPS) is 25.5. The number of phenolic OH excluding ortho intramolecular Hbond substituents is 1. The van der Waals surface area contributed by atoms with Gasteiger partial charge in [-0.3, -0.25) is 29.5 Å². The van der Waals surface area contributed by atoms with Crippen LogP contribution in [0.15, 0.2) is 97.2 Å². The van der Waals surface area contributed by atoms with Crippen molar-refractivity contribution in [3.05, 3.63) is 130 Å². The van der Waals surface area contributed by atoms with Crippen molar-refractivity contribution >= 4 is 64.4 Å². The lowest BCUT2D eigenvalue weighted by molar-refractivity contribution is -0.139. The number of amides is 4. The van der Waals surface area contributed by atoms with Crippen LogP contribution in [-0.4, -0.2) is 45.3 Å². The summed E-state index contributed by atoms with van der Waals surface area (Å²) in [5.41, 5.74) is 2.41. The van der Waals surface area contributed by atoms with Crippen molar-refractivity contribution in [1.29, 1.82) is 0 Å². The van der Waals surface area contributed by atoms with Gasteiger partial charge in [0.1, 0.15) is 0 Å². The molecule has 6 atom stereocenters. The van der Waals surface area contributed by atoms with Gasteiger partial charge in [-0.25, -0.2) is 4.98 Å². The summed E-state index contributed by atoms with van der Waals surface area (Å²) >= 11 is 12.6. The molecule has 4 aromatic rings. The molecule has 1 saturated carbocycles. The Balaban J connectivity index is 1.31. The van der Waals surface area contributed by atoms with Crippen LogP contribution in [0.2, 0.25) is 10.0 Å². The molecular formula is C42H33Cl2F3N4O6. The van der Waals surface area contributed by atoms with Gasteiger partial charge in [-0.2, -0.15) is 18.2 Å². The number of alkyl halides is 3. The number of hydrazine groups is 1. The standard InChI is InChI=1S/C42H33Cl2F3N4O6/c1-3-21-5-12-26(13-6-21)50-37(53)28-15-14-27-29(34(28)39(50)55)19-30-38(54)51(49-36-31(44)18-24(20-48-36)42(45,46)47)40(56)41(30,23-8-10-25(43)11-9-23)35(27)22-7-16-32(52)33(17-22)57-4-2/h3,5-14,16-18,20,28-30,34-35,52H,1,4,15,19H2,2H3,(H,48,49). The number of anilines is 2. The molecule has 4 aliphatic rings. The van der Waals surface area contributed by atoms with Gasteiger partial charge in [0.2, 0.25) is 11.8 Å². The average molecular weight is 818 g/mol. The number of aromatic nitrogens is 1. The highest BCUT2D eigenvalue weighted by Crippen LogP contribution is 2.64. The number of carbonyl (C=O) groups is 4. The number of allylic oxidation sites excluding steroid dienone is 2. The van der Waals surface area contributed by atoms with Crippen LogP contribution in [0.25, 0.3) is 6.08 Å². The molecular weight excluding hydrogens is 784 g/mol. The second kappa shape index (κ2) is 14.1. The van der Waals surface area contributed by atoms with Gasteiger partial charge in [0, 0.05) is 17.1 Å². The van der Waals surface area contributed by atoms with E-state index in [1.807, 2.05) is 6.08 Å². The molecule has 0 bridgehead atoms. The van der Waals surface area contributed by atoms with Crippen LogP contribution in [0.3, 0.4) is 0 Å². The maximum atomic E-state index is 15.4. The molecule has 2 aliphatic carbocycles. The molecule has 3 heterocycles. The van der Waals surface area contributed by atoms with E-state index in [0.717, 1.165) is 10.6 Å². The molecule has 10 nitrogen and oxygen atoms in total. The first-order valence-electron chi connectivity index (χ1n) is 18.1. The van der Waals surface area contributed by atoms with Gasteiger partial charge in [-0.1, -0.05) is 77.8 Å². The van der Waals surface area contributed by atoms with E-state index in [1.54, 1.807) is 73.7 Å². The summed E-state index contributed by atoms with van der Waals surface area (Å²) in [6.07, 6.45) is -0.606. The van der Waals surface area contributed by atoms with Gasteiger partial charge < -0.3 is 9.84 Å². The molecule has 292 valence electrons. The zero-order valence-corrected chi connectivity index (χ0v) is 31.6. The fourth-order valence-corrected chi connectivity index (χ4v) is 9.49. The Morgan fingerprint density at radius 3 is 2.35 bits per heavy atom. The lowest BCUT2D eigenvalue weighted by Gasteiger charge is -2.50. The van der Waals surface area contributed by atoms with Crippen LogP contribution >= 0.6 is 23.2 Å². The number of nitrogens with zero attached hydrogens (tertiary/aromatic N) is 3. The van der Waals surface area contributed by atoms with E-state index in [-0.39, 0.29) is 42.7 Å². The molecule has 4 amide bonds. The van der Waals surface area contributed by atoms with E-state index < -0.39 is 69.5 Å². The molecule has 3 fully saturated rings. The molecule has 2 N–H and O–H groups in total. The summed E-state index contributed by atoms with van der Waals surface area (Å²) in [5.74, 6) is -7.36. The second-order valence-corrected chi connectivity index (χ2v) is 15.2. The number of fused-ring (bicyclic) bond motifs is 4. The highest BCUT2D eigenvalue weighted by Gasteiger charge is 2.70. The molecule has 1 aromatic heterocycles. The highest BCUT2D eigenvalue weighted by atomic mass is 35.5. The van der Waals surface area contributed by atoms with Gasteiger partial charge in [0.05, 0.1) is 46.0 Å². The van der Waals surface area contributed by atoms with Crippen LogP contribution in [0, 0.1) is 23.7 Å². The Morgan fingerprint density at radius 1 is 0.982 bits per heavy atom. The van der Waals surface area contributed by atoms with Gasteiger partial charge in [0.25, 0.3) is 11.8 Å². The van der Waals surface area contributed by atoms with Gasteiger partial charge >= 0.3 is 6.18 Å². The third-order valence-corrected chi connectivity index (χ3v) is 12.1. The fourth-order valence-electron chi connectivity index (χ4n) is 9.15. The minimum Gasteiger partial charge on any atom is -0.504 e. The van der Waals surface area contributed by atoms with Crippen LogP contribution in [0.4, 0.5) is 24.7 Å². The zero-order valence-electron chi connectivity index (χ0n) is 30.1. The van der Waals surface area contributed by atoms with E-state index >= 15 is 4.79 Å². The first kappa shape index (κ1) is 38.2. The Labute approximate surface area is 334 Å². The maximum Gasteiger partial charge on any atom is 0.417 e. The van der Waals surface area contributed by atoms with Crippen LogP contribution in [-0.2, 0) is 30.8 Å². The summed E-state index contributed by atoms with van der Waals surface area (Å²) in [6.45, 7) is 5.70. The number of aromatic hydroxyl groups is 1. The molecule has 57 heavy (non-hydrogen) atoms. The molecule has 2 saturated heterocycles. The number of hydrogen-bond donors (Lipinski definition) is 2. The number of benzene rings is 3. The number of carbonyl (C=O) groups excluding carboxylic acids is 4. The number of phenols is 1. The van der Waals surface area contributed by atoms with E-state index in [1.165, 1.54) is 11.0 Å². The quantitative estimate of drug-likeness (QED) is 0.134. The highest BCUT2D eigenvalue weighted by molar-refractivity contribution is 6.33. The van der Waals surface area contributed by atoms with Gasteiger partial charge in [-0.05, 0) is 84.8 Å². The third-order valence-electron chi connectivity index (χ3n) is 11.6. The van der Waals surface area contributed by atoms with E-state index in [4.69, 9.17) is 27.9 Å².